The van der Waals surface area contributed by atoms with Gasteiger partial charge in [-0.05, 0) is 62.8 Å². The third-order valence-electron chi connectivity index (χ3n) is 6.02. The van der Waals surface area contributed by atoms with Gasteiger partial charge in [-0.2, -0.15) is 0 Å². The molecule has 0 bridgehead atoms. The smallest absolute Gasteiger partial charge is 0.244 e. The Balaban J connectivity index is 2.47. The van der Waals surface area contributed by atoms with Crippen molar-refractivity contribution in [2.24, 2.45) is 0 Å². The molecule has 0 aliphatic heterocycles. The van der Waals surface area contributed by atoms with Crippen LogP contribution in [0, 0.1) is 6.92 Å². The van der Waals surface area contributed by atoms with E-state index in [2.05, 4.69) is 26.1 Å². The third-order valence-corrected chi connectivity index (χ3v) is 7.16. The van der Waals surface area contributed by atoms with E-state index in [-0.39, 0.29) is 17.9 Å². The number of benzene rings is 2. The fourth-order valence-electron chi connectivity index (χ4n) is 4.12. The van der Waals surface area contributed by atoms with E-state index in [9.17, 15) is 18.0 Å². The molecular weight excluding hydrogens is 486 g/mol. The molecule has 2 aromatic rings. The van der Waals surface area contributed by atoms with Crippen LogP contribution in [0.15, 0.2) is 48.5 Å². The van der Waals surface area contributed by atoms with Crippen LogP contribution >= 0.6 is 0 Å². The molecule has 0 spiro atoms. The second-order valence-electron chi connectivity index (χ2n) is 11.7. The highest BCUT2D eigenvalue weighted by atomic mass is 32.2. The average molecular weight is 530 g/mol. The Kier molecular flexibility index (Phi) is 9.58. The molecule has 204 valence electrons. The van der Waals surface area contributed by atoms with Crippen molar-refractivity contribution in [3.05, 3.63) is 65.2 Å². The molecule has 0 aromatic heterocycles. The molecule has 2 amide bonds. The van der Waals surface area contributed by atoms with Crippen LogP contribution in [0.1, 0.15) is 71.6 Å². The summed E-state index contributed by atoms with van der Waals surface area (Å²) in [7, 11) is -3.77. The fourth-order valence-corrected chi connectivity index (χ4v) is 4.97. The van der Waals surface area contributed by atoms with Gasteiger partial charge in [0.2, 0.25) is 21.8 Å². The first-order valence-corrected chi connectivity index (χ1v) is 14.5. The summed E-state index contributed by atoms with van der Waals surface area (Å²) >= 11 is 0. The Bertz CT molecular complexity index is 1190. The molecule has 2 aromatic carbocycles. The Morgan fingerprint density at radius 2 is 1.57 bits per heavy atom. The first kappa shape index (κ1) is 30.4. The molecule has 0 fully saturated rings. The van der Waals surface area contributed by atoms with Crippen molar-refractivity contribution in [2.75, 3.05) is 17.1 Å². The van der Waals surface area contributed by atoms with Crippen LogP contribution in [0.2, 0.25) is 0 Å². The number of rotatable bonds is 9. The first-order chi connectivity index (χ1) is 16.9. The molecule has 0 saturated carbocycles. The Labute approximate surface area is 223 Å². The molecule has 1 N–H and O–H groups in total. The van der Waals surface area contributed by atoms with Crippen LogP contribution in [0.5, 0.6) is 0 Å². The lowest BCUT2D eigenvalue weighted by Gasteiger charge is -2.34. The van der Waals surface area contributed by atoms with Crippen molar-refractivity contribution < 1.29 is 18.0 Å². The maximum absolute atomic E-state index is 13.8. The van der Waals surface area contributed by atoms with Crippen LogP contribution < -0.4 is 9.62 Å². The van der Waals surface area contributed by atoms with Crippen molar-refractivity contribution in [3.63, 3.8) is 0 Å². The van der Waals surface area contributed by atoms with Gasteiger partial charge in [-0.1, -0.05) is 69.7 Å². The molecule has 1 unspecified atom stereocenters. The van der Waals surface area contributed by atoms with Crippen LogP contribution in [0.25, 0.3) is 0 Å². The minimum Gasteiger partial charge on any atom is -0.350 e. The summed E-state index contributed by atoms with van der Waals surface area (Å²) in [5, 5.41) is 2.97. The van der Waals surface area contributed by atoms with Crippen molar-refractivity contribution in [2.45, 2.75) is 85.4 Å². The highest BCUT2D eigenvalue weighted by Crippen LogP contribution is 2.26. The Hall–Kier alpha value is -2.87. The second-order valence-corrected chi connectivity index (χ2v) is 13.6. The monoisotopic (exact) mass is 529 g/mol. The summed E-state index contributed by atoms with van der Waals surface area (Å²) in [5.41, 5.74) is 2.80. The van der Waals surface area contributed by atoms with E-state index >= 15 is 0 Å². The van der Waals surface area contributed by atoms with E-state index < -0.39 is 34.1 Å². The predicted molar refractivity (Wildman–Crippen MR) is 151 cm³/mol. The molecule has 8 heteroatoms. The van der Waals surface area contributed by atoms with Gasteiger partial charge in [0.1, 0.15) is 12.6 Å². The summed E-state index contributed by atoms with van der Waals surface area (Å²) in [6, 6.07) is 14.2. The number of carbonyl (C=O) groups excluding carboxylic acids is 2. The van der Waals surface area contributed by atoms with Crippen molar-refractivity contribution in [1.82, 2.24) is 10.2 Å². The predicted octanol–water partition coefficient (Wildman–Crippen LogP) is 4.78. The summed E-state index contributed by atoms with van der Waals surface area (Å²) in [4.78, 5) is 28.5. The zero-order valence-electron chi connectivity index (χ0n) is 23.8. The quantitative estimate of drug-likeness (QED) is 0.506. The minimum absolute atomic E-state index is 0.0936. The van der Waals surface area contributed by atoms with Crippen LogP contribution in [0.4, 0.5) is 5.69 Å². The van der Waals surface area contributed by atoms with Crippen LogP contribution in [0.3, 0.4) is 0 Å². The van der Waals surface area contributed by atoms with E-state index in [1.807, 2.05) is 71.0 Å². The highest BCUT2D eigenvalue weighted by Gasteiger charge is 2.33. The van der Waals surface area contributed by atoms with Crippen molar-refractivity contribution in [1.29, 1.82) is 0 Å². The standard InChI is InChI=1S/C29H43N3O4S/c1-10-25(27(34)30-29(6,7)8)31(19-22-13-11-12-21(2)18-22)26(33)20-32(37(9,35)36)24-16-14-23(15-17-24)28(3,4)5/h11-18,25H,10,19-20H2,1-9H3,(H,30,34). The summed E-state index contributed by atoms with van der Waals surface area (Å²) in [5.74, 6) is -0.709. The normalized spacial score (nSPS) is 13.1. The van der Waals surface area contributed by atoms with E-state index in [1.54, 1.807) is 12.1 Å². The summed E-state index contributed by atoms with van der Waals surface area (Å²) in [6.07, 6.45) is 1.48. The number of nitrogens with zero attached hydrogens (tertiary/aromatic N) is 2. The number of nitrogens with one attached hydrogen (secondary N) is 1. The fraction of sp³-hybridized carbons (Fsp3) is 0.517. The maximum atomic E-state index is 13.8. The first-order valence-electron chi connectivity index (χ1n) is 12.7. The molecular formula is C29H43N3O4S. The average Bonchev–Trinajstić information content (AvgIpc) is 2.74. The maximum Gasteiger partial charge on any atom is 0.244 e. The van der Waals surface area contributed by atoms with E-state index in [4.69, 9.17) is 0 Å². The molecule has 37 heavy (non-hydrogen) atoms. The number of aryl methyl sites for hydroxylation is 1. The minimum atomic E-state index is -3.77. The molecule has 2 rings (SSSR count). The van der Waals surface area contributed by atoms with Crippen LogP contribution in [-0.2, 0) is 31.6 Å². The van der Waals surface area contributed by atoms with Gasteiger partial charge >= 0.3 is 0 Å². The Morgan fingerprint density at radius 1 is 0.973 bits per heavy atom. The number of anilines is 1. The number of amides is 2. The van der Waals surface area contributed by atoms with Gasteiger partial charge in [0.15, 0.2) is 0 Å². The van der Waals surface area contributed by atoms with E-state index in [0.717, 1.165) is 27.3 Å². The molecule has 0 aliphatic carbocycles. The van der Waals surface area contributed by atoms with E-state index in [0.29, 0.717) is 12.1 Å². The molecule has 0 saturated heterocycles. The van der Waals surface area contributed by atoms with Gasteiger partial charge in [0.25, 0.3) is 0 Å². The molecule has 0 radical (unpaired) electrons. The van der Waals surface area contributed by atoms with Gasteiger partial charge in [-0.3, -0.25) is 13.9 Å². The summed E-state index contributed by atoms with van der Waals surface area (Å²) in [6.45, 7) is 15.5. The van der Waals surface area contributed by atoms with Crippen molar-refractivity contribution >= 4 is 27.5 Å². The van der Waals surface area contributed by atoms with Crippen LogP contribution in [-0.4, -0.2) is 49.5 Å². The second kappa shape index (κ2) is 11.7. The zero-order valence-corrected chi connectivity index (χ0v) is 24.6. The van der Waals surface area contributed by atoms with Gasteiger partial charge in [0.05, 0.1) is 11.9 Å². The number of carbonyl (C=O) groups is 2. The van der Waals surface area contributed by atoms with Gasteiger partial charge < -0.3 is 10.2 Å². The molecule has 0 aliphatic rings. The van der Waals surface area contributed by atoms with Gasteiger partial charge in [-0.15, -0.1) is 0 Å². The molecule has 0 heterocycles. The third kappa shape index (κ3) is 8.88. The number of hydrogen-bond acceptors (Lipinski definition) is 4. The largest absolute Gasteiger partial charge is 0.350 e. The van der Waals surface area contributed by atoms with Crippen molar-refractivity contribution in [3.8, 4) is 0 Å². The SMILES string of the molecule is CCC(C(=O)NC(C)(C)C)N(Cc1cccc(C)c1)C(=O)CN(c1ccc(C(C)(C)C)cc1)S(C)(=O)=O. The highest BCUT2D eigenvalue weighted by molar-refractivity contribution is 7.92. The summed E-state index contributed by atoms with van der Waals surface area (Å²) < 4.78 is 26.7. The van der Waals surface area contributed by atoms with E-state index in [1.165, 1.54) is 4.90 Å². The number of sulfonamides is 1. The molecule has 1 atom stereocenters. The lowest BCUT2D eigenvalue weighted by atomic mass is 9.87. The lowest BCUT2D eigenvalue weighted by Crippen LogP contribution is -2.55. The topological polar surface area (TPSA) is 86.8 Å². The molecule has 7 nitrogen and oxygen atoms in total. The number of hydrogen-bond donors (Lipinski definition) is 1. The lowest BCUT2D eigenvalue weighted by molar-refractivity contribution is -0.141. The van der Waals surface area contributed by atoms with Gasteiger partial charge in [-0.25, -0.2) is 8.42 Å². The van der Waals surface area contributed by atoms with Gasteiger partial charge in [0, 0.05) is 12.1 Å². The Morgan fingerprint density at radius 3 is 2.03 bits per heavy atom. The zero-order chi connectivity index (χ0) is 28.2.